The molecular weight excluding hydrogens is 198 g/mol. The first-order valence-corrected chi connectivity index (χ1v) is 6.87. The lowest BCUT2D eigenvalue weighted by Gasteiger charge is -2.30. The van der Waals surface area contributed by atoms with Crippen LogP contribution in [0.15, 0.2) is 12.2 Å². The highest BCUT2D eigenvalue weighted by atomic mass is 16.3. The van der Waals surface area contributed by atoms with Crippen molar-refractivity contribution in [1.82, 2.24) is 5.32 Å². The summed E-state index contributed by atoms with van der Waals surface area (Å²) < 4.78 is 0. The second-order valence-electron chi connectivity index (χ2n) is 5.46. The monoisotopic (exact) mass is 223 g/mol. The van der Waals surface area contributed by atoms with Crippen LogP contribution in [0.4, 0.5) is 0 Å². The van der Waals surface area contributed by atoms with Crippen LogP contribution >= 0.6 is 0 Å². The fourth-order valence-corrected chi connectivity index (χ4v) is 3.07. The maximum Gasteiger partial charge on any atom is 0.0494 e. The van der Waals surface area contributed by atoms with E-state index in [0.717, 1.165) is 18.4 Å². The summed E-state index contributed by atoms with van der Waals surface area (Å²) in [7, 11) is 0. The van der Waals surface area contributed by atoms with Crippen molar-refractivity contribution in [3.05, 3.63) is 12.2 Å². The van der Waals surface area contributed by atoms with E-state index in [1.807, 2.05) is 0 Å². The summed E-state index contributed by atoms with van der Waals surface area (Å²) in [5, 5.41) is 12.8. The van der Waals surface area contributed by atoms with Gasteiger partial charge in [0, 0.05) is 24.6 Å². The van der Waals surface area contributed by atoms with Crippen LogP contribution in [0.25, 0.3) is 0 Å². The summed E-state index contributed by atoms with van der Waals surface area (Å²) in [4.78, 5) is 0. The van der Waals surface area contributed by atoms with Crippen molar-refractivity contribution in [3.63, 3.8) is 0 Å². The summed E-state index contributed by atoms with van der Waals surface area (Å²) >= 11 is 0. The highest BCUT2D eigenvalue weighted by molar-refractivity contribution is 5.06. The van der Waals surface area contributed by atoms with Crippen LogP contribution in [0, 0.1) is 11.8 Å². The zero-order valence-electron chi connectivity index (χ0n) is 10.4. The largest absolute Gasteiger partial charge is 0.396 e. The topological polar surface area (TPSA) is 32.3 Å². The Morgan fingerprint density at radius 1 is 1.19 bits per heavy atom. The van der Waals surface area contributed by atoms with E-state index in [1.165, 1.54) is 32.1 Å². The molecule has 2 N–H and O–H groups in total. The van der Waals surface area contributed by atoms with Gasteiger partial charge in [-0.2, -0.15) is 0 Å². The third kappa shape index (κ3) is 3.08. The van der Waals surface area contributed by atoms with Crippen LogP contribution in [0.1, 0.15) is 45.4 Å². The van der Waals surface area contributed by atoms with Gasteiger partial charge in [0.15, 0.2) is 0 Å². The molecule has 2 aliphatic carbocycles. The van der Waals surface area contributed by atoms with Crippen molar-refractivity contribution in [2.75, 3.05) is 6.61 Å². The summed E-state index contributed by atoms with van der Waals surface area (Å²) in [5.74, 6) is 1.37. The molecule has 0 heterocycles. The molecule has 2 heteroatoms. The zero-order chi connectivity index (χ0) is 11.4. The van der Waals surface area contributed by atoms with Gasteiger partial charge < -0.3 is 10.4 Å². The van der Waals surface area contributed by atoms with E-state index in [-0.39, 0.29) is 0 Å². The highest BCUT2D eigenvalue weighted by Gasteiger charge is 2.24. The van der Waals surface area contributed by atoms with Gasteiger partial charge in [0.1, 0.15) is 0 Å². The Balaban J connectivity index is 1.70. The van der Waals surface area contributed by atoms with Crippen molar-refractivity contribution < 1.29 is 5.11 Å². The number of aliphatic hydroxyl groups is 1. The maximum absolute atomic E-state index is 9.08. The van der Waals surface area contributed by atoms with Crippen LogP contribution in [0.3, 0.4) is 0 Å². The molecule has 0 amide bonds. The van der Waals surface area contributed by atoms with Crippen LogP contribution in [0.2, 0.25) is 0 Å². The number of hydrogen-bond donors (Lipinski definition) is 2. The minimum Gasteiger partial charge on any atom is -0.396 e. The molecule has 2 rings (SSSR count). The Morgan fingerprint density at radius 2 is 1.94 bits per heavy atom. The molecule has 0 spiro atoms. The Hall–Kier alpha value is -0.340. The standard InChI is InChI=1S/C14H25NO/c1-2-11-3-6-13(7-4-11)15-14-8-5-12(9-14)10-16/h5,8,11-16H,2-4,6-7,9-10H2,1H3/t11?,12-,13?,14+/m0/s1. The lowest BCUT2D eigenvalue weighted by Crippen LogP contribution is -2.39. The van der Waals surface area contributed by atoms with Crippen molar-refractivity contribution in [2.45, 2.75) is 57.5 Å². The number of nitrogens with one attached hydrogen (secondary N) is 1. The van der Waals surface area contributed by atoms with Crippen molar-refractivity contribution >= 4 is 0 Å². The Morgan fingerprint density at radius 3 is 2.50 bits per heavy atom. The molecule has 0 aliphatic heterocycles. The number of aliphatic hydroxyl groups excluding tert-OH is 1. The van der Waals surface area contributed by atoms with Gasteiger partial charge in [-0.15, -0.1) is 0 Å². The van der Waals surface area contributed by atoms with Gasteiger partial charge in [-0.3, -0.25) is 0 Å². The third-order valence-corrected chi connectivity index (χ3v) is 4.28. The van der Waals surface area contributed by atoms with Gasteiger partial charge in [0.25, 0.3) is 0 Å². The van der Waals surface area contributed by atoms with Crippen LogP contribution < -0.4 is 5.32 Å². The van der Waals surface area contributed by atoms with Crippen LogP contribution in [-0.2, 0) is 0 Å². The first-order chi connectivity index (χ1) is 7.81. The molecule has 2 atom stereocenters. The summed E-state index contributed by atoms with van der Waals surface area (Å²) in [6, 6.07) is 1.23. The molecular formula is C14H25NO. The molecule has 0 bridgehead atoms. The molecule has 0 saturated heterocycles. The molecule has 0 radical (unpaired) electrons. The zero-order valence-corrected chi connectivity index (χ0v) is 10.4. The SMILES string of the molecule is CCC1CCC(N[C@@H]2C=C[C@H](CO)C2)CC1. The van der Waals surface area contributed by atoms with E-state index >= 15 is 0 Å². The van der Waals surface area contributed by atoms with E-state index in [2.05, 4.69) is 24.4 Å². The number of hydrogen-bond acceptors (Lipinski definition) is 2. The third-order valence-electron chi connectivity index (χ3n) is 4.28. The smallest absolute Gasteiger partial charge is 0.0494 e. The second-order valence-corrected chi connectivity index (χ2v) is 5.46. The Labute approximate surface area is 99.1 Å². The molecule has 0 aromatic heterocycles. The van der Waals surface area contributed by atoms with Gasteiger partial charge in [0.05, 0.1) is 0 Å². The first-order valence-electron chi connectivity index (χ1n) is 6.87. The van der Waals surface area contributed by atoms with Gasteiger partial charge in [-0.05, 0) is 38.0 Å². The average molecular weight is 223 g/mol. The predicted molar refractivity (Wildman–Crippen MR) is 67.3 cm³/mol. The fourth-order valence-electron chi connectivity index (χ4n) is 3.07. The van der Waals surface area contributed by atoms with Crippen LogP contribution in [0.5, 0.6) is 0 Å². The van der Waals surface area contributed by atoms with Crippen molar-refractivity contribution in [1.29, 1.82) is 0 Å². The van der Waals surface area contributed by atoms with E-state index < -0.39 is 0 Å². The predicted octanol–water partition coefficient (Wildman–Crippen LogP) is 2.48. The van der Waals surface area contributed by atoms with Gasteiger partial charge in [-0.1, -0.05) is 25.5 Å². The Kier molecular flexibility index (Phi) is 4.42. The quantitative estimate of drug-likeness (QED) is 0.718. The molecule has 1 fully saturated rings. The molecule has 1 saturated carbocycles. The summed E-state index contributed by atoms with van der Waals surface area (Å²) in [6.07, 6.45) is 12.3. The van der Waals surface area contributed by atoms with E-state index in [9.17, 15) is 0 Å². The van der Waals surface area contributed by atoms with Crippen LogP contribution in [-0.4, -0.2) is 23.8 Å². The van der Waals surface area contributed by atoms with E-state index in [0.29, 0.717) is 18.6 Å². The summed E-state index contributed by atoms with van der Waals surface area (Å²) in [6.45, 7) is 2.61. The van der Waals surface area contributed by atoms with Crippen molar-refractivity contribution in [2.24, 2.45) is 11.8 Å². The van der Waals surface area contributed by atoms with E-state index in [1.54, 1.807) is 0 Å². The molecule has 2 nitrogen and oxygen atoms in total. The molecule has 92 valence electrons. The van der Waals surface area contributed by atoms with E-state index in [4.69, 9.17) is 5.11 Å². The van der Waals surface area contributed by atoms with Crippen molar-refractivity contribution in [3.8, 4) is 0 Å². The summed E-state index contributed by atoms with van der Waals surface area (Å²) in [5.41, 5.74) is 0. The average Bonchev–Trinajstić information content (AvgIpc) is 2.78. The van der Waals surface area contributed by atoms with Gasteiger partial charge in [-0.25, -0.2) is 0 Å². The second kappa shape index (κ2) is 5.83. The minimum absolute atomic E-state index is 0.303. The maximum atomic E-state index is 9.08. The molecule has 0 aromatic carbocycles. The Bertz CT molecular complexity index is 231. The molecule has 0 aromatic rings. The fraction of sp³-hybridized carbons (Fsp3) is 0.857. The lowest BCUT2D eigenvalue weighted by molar-refractivity contribution is 0.236. The highest BCUT2D eigenvalue weighted by Crippen LogP contribution is 2.28. The van der Waals surface area contributed by atoms with Gasteiger partial charge in [0.2, 0.25) is 0 Å². The minimum atomic E-state index is 0.303. The normalized spacial score (nSPS) is 39.1. The van der Waals surface area contributed by atoms with Gasteiger partial charge >= 0.3 is 0 Å². The molecule has 16 heavy (non-hydrogen) atoms. The molecule has 0 unspecified atom stereocenters. The lowest BCUT2D eigenvalue weighted by atomic mass is 9.84. The first kappa shape index (κ1) is 12.1. The number of rotatable bonds is 4. The molecule has 2 aliphatic rings.